The monoisotopic (exact) mass is 435 g/mol. The zero-order chi connectivity index (χ0) is 23.0. The Morgan fingerprint density at radius 3 is 2.53 bits per heavy atom. The van der Waals surface area contributed by atoms with E-state index in [1.54, 1.807) is 42.8 Å². The highest BCUT2D eigenvalue weighted by Crippen LogP contribution is 2.36. The highest BCUT2D eigenvalue weighted by atomic mass is 16.5. The van der Waals surface area contributed by atoms with Gasteiger partial charge in [-0.1, -0.05) is 23.4 Å². The molecule has 0 atom stereocenters. The van der Waals surface area contributed by atoms with Crippen LogP contribution in [0.2, 0.25) is 0 Å². The summed E-state index contributed by atoms with van der Waals surface area (Å²) in [6.07, 6.45) is 0. The fourth-order valence-corrected chi connectivity index (χ4v) is 3.77. The van der Waals surface area contributed by atoms with Crippen molar-refractivity contribution in [3.8, 4) is 11.1 Å². The normalized spacial score (nSPS) is 11.2. The van der Waals surface area contributed by atoms with Gasteiger partial charge in [0.15, 0.2) is 5.82 Å². The van der Waals surface area contributed by atoms with E-state index in [9.17, 15) is 9.59 Å². The lowest BCUT2D eigenvalue weighted by Gasteiger charge is -2.14. The van der Waals surface area contributed by atoms with Crippen LogP contribution in [0.25, 0.3) is 22.0 Å². The van der Waals surface area contributed by atoms with E-state index in [-0.39, 0.29) is 30.0 Å². The number of aryl methyl sites for hydroxylation is 1. The maximum atomic E-state index is 12.5. The molecule has 11 heteroatoms. The van der Waals surface area contributed by atoms with Gasteiger partial charge in [0.25, 0.3) is 5.91 Å². The second kappa shape index (κ2) is 8.19. The van der Waals surface area contributed by atoms with Gasteiger partial charge in [0.05, 0.1) is 16.8 Å². The Balaban J connectivity index is 1.92. The van der Waals surface area contributed by atoms with E-state index in [1.165, 1.54) is 7.11 Å². The first-order valence-electron chi connectivity index (χ1n) is 9.69. The van der Waals surface area contributed by atoms with Crippen LogP contribution in [0.4, 0.5) is 0 Å². The molecule has 2 amide bonds. The quantitative estimate of drug-likeness (QED) is 0.440. The molecule has 0 fully saturated rings. The van der Waals surface area contributed by atoms with Gasteiger partial charge >= 0.3 is 0 Å². The zero-order valence-corrected chi connectivity index (χ0v) is 17.7. The van der Waals surface area contributed by atoms with Gasteiger partial charge < -0.3 is 20.7 Å². The molecule has 0 aliphatic carbocycles. The smallest absolute Gasteiger partial charge is 0.267 e. The molecular weight excluding hydrogens is 414 g/mol. The van der Waals surface area contributed by atoms with Gasteiger partial charge in [-0.25, -0.2) is 4.98 Å². The Morgan fingerprint density at radius 1 is 1.09 bits per heavy atom. The van der Waals surface area contributed by atoms with E-state index in [0.717, 1.165) is 0 Å². The highest BCUT2D eigenvalue weighted by Gasteiger charge is 2.27. The number of para-hydroxylation sites is 1. The number of nitrogens with zero attached hydrogens (tertiary/aromatic N) is 5. The van der Waals surface area contributed by atoms with Crippen LogP contribution in [-0.4, -0.2) is 43.8 Å². The number of carbonyl (C=O) groups excluding carboxylic acids is 2. The molecule has 0 saturated carbocycles. The minimum absolute atomic E-state index is 0.0524. The lowest BCUT2D eigenvalue weighted by molar-refractivity contribution is 0.0996. The molecule has 0 aliphatic heterocycles. The van der Waals surface area contributed by atoms with Crippen molar-refractivity contribution in [2.45, 2.75) is 27.0 Å². The molecule has 0 saturated heterocycles. The van der Waals surface area contributed by atoms with Crippen molar-refractivity contribution in [3.05, 3.63) is 58.6 Å². The van der Waals surface area contributed by atoms with E-state index >= 15 is 0 Å². The number of amides is 2. The largest absolute Gasteiger partial charge is 0.377 e. The van der Waals surface area contributed by atoms with Gasteiger partial charge in [0.1, 0.15) is 18.8 Å². The Hall–Kier alpha value is -4.12. The van der Waals surface area contributed by atoms with Gasteiger partial charge in [-0.3, -0.25) is 14.3 Å². The molecule has 1 aromatic carbocycles. The number of hydrogen-bond acceptors (Lipinski definition) is 8. The number of carbonyl (C=O) groups is 2. The molecule has 32 heavy (non-hydrogen) atoms. The van der Waals surface area contributed by atoms with Crippen molar-refractivity contribution in [3.63, 3.8) is 0 Å². The van der Waals surface area contributed by atoms with Crippen LogP contribution in [0.5, 0.6) is 0 Å². The summed E-state index contributed by atoms with van der Waals surface area (Å²) in [5, 5.41) is 8.91. The van der Waals surface area contributed by atoms with E-state index in [2.05, 4.69) is 20.2 Å². The third-order valence-electron chi connectivity index (χ3n) is 5.07. The van der Waals surface area contributed by atoms with Crippen molar-refractivity contribution < 1.29 is 18.8 Å². The summed E-state index contributed by atoms with van der Waals surface area (Å²) in [5.41, 5.74) is 14.0. The Morgan fingerprint density at radius 2 is 1.84 bits per heavy atom. The average molecular weight is 435 g/mol. The number of nitrogens with two attached hydrogens (primary N) is 2. The van der Waals surface area contributed by atoms with Crippen LogP contribution in [-0.2, 0) is 17.9 Å². The number of hydrogen-bond donors (Lipinski definition) is 2. The van der Waals surface area contributed by atoms with Crippen molar-refractivity contribution in [1.82, 2.24) is 24.9 Å². The molecule has 0 unspecified atom stereocenters. The number of methoxy groups -OCH3 is 1. The second-order valence-corrected chi connectivity index (χ2v) is 7.20. The summed E-state index contributed by atoms with van der Waals surface area (Å²) < 4.78 is 11.9. The number of benzene rings is 1. The van der Waals surface area contributed by atoms with Crippen LogP contribution < -0.4 is 11.5 Å². The molecule has 4 N–H and O–H groups in total. The molecule has 3 heterocycles. The van der Waals surface area contributed by atoms with Crippen LogP contribution in [0, 0.1) is 13.8 Å². The summed E-state index contributed by atoms with van der Waals surface area (Å²) in [7, 11) is 1.54. The summed E-state index contributed by atoms with van der Waals surface area (Å²) in [5.74, 6) is -0.735. The van der Waals surface area contributed by atoms with E-state index < -0.39 is 11.8 Å². The molecule has 0 aliphatic rings. The number of aromatic nitrogens is 5. The first kappa shape index (κ1) is 21.1. The predicted molar refractivity (Wildman–Crippen MR) is 114 cm³/mol. The zero-order valence-electron chi connectivity index (χ0n) is 17.7. The van der Waals surface area contributed by atoms with Crippen LogP contribution in [0.1, 0.15) is 43.9 Å². The van der Waals surface area contributed by atoms with E-state index in [0.29, 0.717) is 39.6 Å². The lowest BCUT2D eigenvalue weighted by Crippen LogP contribution is -2.21. The first-order valence-corrected chi connectivity index (χ1v) is 9.69. The SMILES string of the molecule is COCc1noc(Cn2nc(C)c(-c3c(C(N)=O)nc4ccccc4c3C(N)=O)c2C)n1. The van der Waals surface area contributed by atoms with Gasteiger partial charge in [0, 0.05) is 29.3 Å². The minimum Gasteiger partial charge on any atom is -0.377 e. The third-order valence-corrected chi connectivity index (χ3v) is 5.07. The summed E-state index contributed by atoms with van der Waals surface area (Å²) in [4.78, 5) is 33.5. The molecule has 4 aromatic rings. The van der Waals surface area contributed by atoms with Crippen molar-refractivity contribution in [2.75, 3.05) is 7.11 Å². The topological polar surface area (TPSA) is 165 Å². The Labute approximate surface area is 182 Å². The molecular formula is C21H21N7O4. The van der Waals surface area contributed by atoms with Gasteiger partial charge in [-0.2, -0.15) is 10.1 Å². The van der Waals surface area contributed by atoms with E-state index in [4.69, 9.17) is 20.7 Å². The van der Waals surface area contributed by atoms with Crippen LogP contribution >= 0.6 is 0 Å². The van der Waals surface area contributed by atoms with Crippen molar-refractivity contribution >= 4 is 22.7 Å². The van der Waals surface area contributed by atoms with Gasteiger partial charge in [-0.15, -0.1) is 0 Å². The van der Waals surface area contributed by atoms with Crippen LogP contribution in [0.15, 0.2) is 28.8 Å². The summed E-state index contributed by atoms with van der Waals surface area (Å²) >= 11 is 0. The first-order chi connectivity index (χ1) is 15.3. The lowest BCUT2D eigenvalue weighted by atomic mass is 9.92. The fourth-order valence-electron chi connectivity index (χ4n) is 3.77. The molecule has 0 radical (unpaired) electrons. The number of pyridine rings is 1. The van der Waals surface area contributed by atoms with Gasteiger partial charge in [-0.05, 0) is 19.9 Å². The molecule has 11 nitrogen and oxygen atoms in total. The highest BCUT2D eigenvalue weighted by molar-refractivity contribution is 6.15. The average Bonchev–Trinajstić information content (AvgIpc) is 3.30. The number of ether oxygens (including phenoxy) is 1. The maximum absolute atomic E-state index is 12.5. The molecule has 3 aromatic heterocycles. The number of primary amides is 2. The predicted octanol–water partition coefficient (Wildman–Crippen LogP) is 1.49. The van der Waals surface area contributed by atoms with Crippen molar-refractivity contribution in [2.24, 2.45) is 11.5 Å². The number of fused-ring (bicyclic) bond motifs is 1. The standard InChI is InChI=1S/C21H21N7O4/c1-10-16(11(2)28(26-10)8-15-25-14(9-31-3)27-32-15)18-17(20(22)29)12-6-4-5-7-13(12)24-19(18)21(23)30/h4-7H,8-9H2,1-3H3,(H2,22,29)(H2,23,30). The molecule has 0 spiro atoms. The van der Waals surface area contributed by atoms with Crippen LogP contribution in [0.3, 0.4) is 0 Å². The molecule has 0 bridgehead atoms. The maximum Gasteiger partial charge on any atom is 0.267 e. The van der Waals surface area contributed by atoms with E-state index in [1.807, 2.05) is 0 Å². The molecule has 164 valence electrons. The number of rotatable bonds is 7. The summed E-state index contributed by atoms with van der Waals surface area (Å²) in [6, 6.07) is 6.93. The molecule has 4 rings (SSSR count). The second-order valence-electron chi connectivity index (χ2n) is 7.20. The Kier molecular flexibility index (Phi) is 5.41. The summed E-state index contributed by atoms with van der Waals surface area (Å²) in [6.45, 7) is 3.96. The fraction of sp³-hybridized carbons (Fsp3) is 0.238. The van der Waals surface area contributed by atoms with Crippen molar-refractivity contribution in [1.29, 1.82) is 0 Å². The Bertz CT molecular complexity index is 1360. The third kappa shape index (κ3) is 3.58. The van der Waals surface area contributed by atoms with Gasteiger partial charge in [0.2, 0.25) is 11.8 Å². The minimum atomic E-state index is -0.777.